The fraction of sp³-hybridized carbons (Fsp3) is 0.471. The van der Waals surface area contributed by atoms with Gasteiger partial charge in [-0.15, -0.1) is 0 Å². The van der Waals surface area contributed by atoms with Crippen molar-refractivity contribution < 1.29 is 0 Å². The van der Waals surface area contributed by atoms with Crippen LogP contribution in [0.1, 0.15) is 39.2 Å². The highest BCUT2D eigenvalue weighted by atomic mass is 32.1. The molecule has 20 heavy (non-hydrogen) atoms. The number of H-pyrrole nitrogens is 1. The van der Waals surface area contributed by atoms with E-state index in [4.69, 9.17) is 12.2 Å². The van der Waals surface area contributed by atoms with Crippen LogP contribution in [0.5, 0.6) is 0 Å². The molecular weight excluding hydrogens is 264 g/mol. The third kappa shape index (κ3) is 2.24. The lowest BCUT2D eigenvalue weighted by Crippen LogP contribution is -2.16. The van der Waals surface area contributed by atoms with Crippen LogP contribution >= 0.6 is 12.2 Å². The smallest absolute Gasteiger partial charge is 0.177 e. The van der Waals surface area contributed by atoms with E-state index in [0.29, 0.717) is 12.0 Å². The summed E-state index contributed by atoms with van der Waals surface area (Å²) >= 11 is 5.54. The molecule has 1 N–H and O–H groups in total. The third-order valence-electron chi connectivity index (χ3n) is 4.92. The van der Waals surface area contributed by atoms with Crippen molar-refractivity contribution in [2.75, 3.05) is 0 Å². The number of rotatable bonds is 3. The van der Waals surface area contributed by atoms with Crippen molar-refractivity contribution in [1.82, 2.24) is 9.55 Å². The number of nitrogens with one attached hydrogen (secondary N) is 1. The maximum absolute atomic E-state index is 5.54. The van der Waals surface area contributed by atoms with Crippen molar-refractivity contribution in [2.24, 2.45) is 11.8 Å². The maximum Gasteiger partial charge on any atom is 0.177 e. The highest BCUT2D eigenvalue weighted by Crippen LogP contribution is 2.43. The molecule has 2 nitrogen and oxygen atoms in total. The minimum Gasteiger partial charge on any atom is -0.337 e. The lowest BCUT2D eigenvalue weighted by atomic mass is 9.93. The molecule has 3 rings (SSSR count). The molecule has 1 fully saturated rings. The summed E-state index contributed by atoms with van der Waals surface area (Å²) in [6.45, 7) is 4.69. The molecule has 0 spiro atoms. The Hall–Kier alpha value is -1.35. The van der Waals surface area contributed by atoms with Crippen molar-refractivity contribution in [1.29, 1.82) is 0 Å². The van der Waals surface area contributed by atoms with Gasteiger partial charge in [-0.05, 0) is 42.5 Å². The first kappa shape index (κ1) is 13.6. The SMILES string of the molecule is CCC1CCC(n2c(-c3ccccc3)c[nH]c2=S)C1C. The first-order valence-corrected chi connectivity index (χ1v) is 7.98. The van der Waals surface area contributed by atoms with Gasteiger partial charge in [0.2, 0.25) is 0 Å². The molecule has 1 aromatic carbocycles. The minimum absolute atomic E-state index is 0.536. The second-order valence-electron chi connectivity index (χ2n) is 5.89. The molecule has 1 saturated carbocycles. The van der Waals surface area contributed by atoms with Gasteiger partial charge in [0.05, 0.1) is 5.69 Å². The zero-order valence-electron chi connectivity index (χ0n) is 12.2. The Kier molecular flexibility index (Phi) is 3.79. The Morgan fingerprint density at radius 2 is 2.00 bits per heavy atom. The Balaban J connectivity index is 2.03. The summed E-state index contributed by atoms with van der Waals surface area (Å²) in [5.74, 6) is 1.53. The minimum atomic E-state index is 0.536. The van der Waals surface area contributed by atoms with E-state index in [2.05, 4.69) is 59.9 Å². The van der Waals surface area contributed by atoms with Gasteiger partial charge in [-0.3, -0.25) is 0 Å². The molecule has 3 atom stereocenters. The quantitative estimate of drug-likeness (QED) is 0.768. The molecule has 0 saturated heterocycles. The Morgan fingerprint density at radius 3 is 2.65 bits per heavy atom. The Bertz CT molecular complexity index is 626. The summed E-state index contributed by atoms with van der Waals surface area (Å²) < 4.78 is 3.21. The monoisotopic (exact) mass is 286 g/mol. The van der Waals surface area contributed by atoms with E-state index in [1.165, 1.54) is 30.5 Å². The van der Waals surface area contributed by atoms with Gasteiger partial charge in [-0.1, -0.05) is 50.6 Å². The van der Waals surface area contributed by atoms with E-state index in [0.717, 1.165) is 10.7 Å². The van der Waals surface area contributed by atoms with Gasteiger partial charge in [0, 0.05) is 12.2 Å². The van der Waals surface area contributed by atoms with Gasteiger partial charge in [-0.25, -0.2) is 0 Å². The van der Waals surface area contributed by atoms with Crippen molar-refractivity contribution in [3.8, 4) is 11.3 Å². The number of benzene rings is 1. The van der Waals surface area contributed by atoms with E-state index < -0.39 is 0 Å². The van der Waals surface area contributed by atoms with Gasteiger partial charge in [0.15, 0.2) is 4.77 Å². The maximum atomic E-state index is 5.54. The van der Waals surface area contributed by atoms with Crippen LogP contribution in [0.3, 0.4) is 0 Å². The number of nitrogens with zero attached hydrogens (tertiary/aromatic N) is 1. The lowest BCUT2D eigenvalue weighted by Gasteiger charge is -2.23. The molecule has 1 aliphatic rings. The van der Waals surface area contributed by atoms with E-state index in [-0.39, 0.29) is 0 Å². The van der Waals surface area contributed by atoms with Gasteiger partial charge < -0.3 is 9.55 Å². The summed E-state index contributed by atoms with van der Waals surface area (Å²) in [7, 11) is 0. The van der Waals surface area contributed by atoms with Crippen LogP contribution in [-0.4, -0.2) is 9.55 Å². The first-order valence-electron chi connectivity index (χ1n) is 7.57. The summed E-state index contributed by atoms with van der Waals surface area (Å²) in [6, 6.07) is 11.1. The van der Waals surface area contributed by atoms with E-state index in [1.807, 2.05) is 0 Å². The zero-order chi connectivity index (χ0) is 14.1. The standard InChI is InChI=1S/C17H22N2S/c1-3-13-9-10-15(12(13)2)19-16(11-18-17(19)20)14-7-5-4-6-8-14/h4-8,11-13,15H,3,9-10H2,1-2H3,(H,18,20). The summed E-state index contributed by atoms with van der Waals surface area (Å²) in [5.41, 5.74) is 2.47. The normalized spacial score (nSPS) is 26.0. The Morgan fingerprint density at radius 1 is 1.25 bits per heavy atom. The molecule has 0 radical (unpaired) electrons. The van der Waals surface area contributed by atoms with E-state index in [1.54, 1.807) is 0 Å². The average Bonchev–Trinajstić information content (AvgIpc) is 3.02. The number of hydrogen-bond acceptors (Lipinski definition) is 1. The second-order valence-corrected chi connectivity index (χ2v) is 6.27. The molecule has 1 aliphatic carbocycles. The van der Waals surface area contributed by atoms with E-state index >= 15 is 0 Å². The van der Waals surface area contributed by atoms with Crippen molar-refractivity contribution >= 4 is 12.2 Å². The van der Waals surface area contributed by atoms with Gasteiger partial charge in [0.1, 0.15) is 0 Å². The summed E-state index contributed by atoms with van der Waals surface area (Å²) in [4.78, 5) is 3.24. The van der Waals surface area contributed by atoms with Crippen molar-refractivity contribution in [3.05, 3.63) is 41.3 Å². The van der Waals surface area contributed by atoms with Crippen LogP contribution < -0.4 is 0 Å². The third-order valence-corrected chi connectivity index (χ3v) is 5.23. The number of aromatic amines is 1. The van der Waals surface area contributed by atoms with Crippen LogP contribution in [0.4, 0.5) is 0 Å². The predicted octanol–water partition coefficient (Wildman–Crippen LogP) is 5.21. The van der Waals surface area contributed by atoms with Crippen LogP contribution in [0.15, 0.2) is 36.5 Å². The molecule has 1 heterocycles. The molecular formula is C17H22N2S. The van der Waals surface area contributed by atoms with Crippen LogP contribution in [0, 0.1) is 16.6 Å². The number of imidazole rings is 1. The molecule has 3 heteroatoms. The van der Waals surface area contributed by atoms with Gasteiger partial charge in [-0.2, -0.15) is 0 Å². The van der Waals surface area contributed by atoms with Gasteiger partial charge >= 0.3 is 0 Å². The van der Waals surface area contributed by atoms with E-state index in [9.17, 15) is 0 Å². The molecule has 3 unspecified atom stereocenters. The summed E-state index contributed by atoms with van der Waals surface area (Å²) in [6.07, 6.45) is 5.90. The van der Waals surface area contributed by atoms with Crippen molar-refractivity contribution in [2.45, 2.75) is 39.2 Å². The number of hydrogen-bond donors (Lipinski definition) is 1. The molecule has 0 aliphatic heterocycles. The fourth-order valence-corrected chi connectivity index (χ4v) is 4.00. The van der Waals surface area contributed by atoms with Gasteiger partial charge in [0.25, 0.3) is 0 Å². The predicted molar refractivity (Wildman–Crippen MR) is 86.3 cm³/mol. The zero-order valence-corrected chi connectivity index (χ0v) is 13.0. The van der Waals surface area contributed by atoms with Crippen LogP contribution in [0.2, 0.25) is 0 Å². The van der Waals surface area contributed by atoms with Crippen LogP contribution in [-0.2, 0) is 0 Å². The molecule has 0 amide bonds. The first-order chi connectivity index (χ1) is 9.72. The average molecular weight is 286 g/mol. The highest BCUT2D eigenvalue weighted by Gasteiger charge is 2.34. The molecule has 106 valence electrons. The Labute approximate surface area is 125 Å². The molecule has 0 bridgehead atoms. The van der Waals surface area contributed by atoms with Crippen molar-refractivity contribution in [3.63, 3.8) is 0 Å². The van der Waals surface area contributed by atoms with Crippen LogP contribution in [0.25, 0.3) is 11.3 Å². The number of aromatic nitrogens is 2. The molecule has 1 aromatic heterocycles. The highest BCUT2D eigenvalue weighted by molar-refractivity contribution is 7.71. The summed E-state index contributed by atoms with van der Waals surface area (Å²) in [5, 5.41) is 0. The second kappa shape index (κ2) is 5.57. The lowest BCUT2D eigenvalue weighted by molar-refractivity contribution is 0.329. The topological polar surface area (TPSA) is 20.7 Å². The fourth-order valence-electron chi connectivity index (χ4n) is 3.70. The molecule has 2 aromatic rings. The largest absolute Gasteiger partial charge is 0.337 e.